The van der Waals surface area contributed by atoms with E-state index in [1.807, 2.05) is 0 Å². The SMILES string of the molecule is CC1=CCOc2ccc(C(C)(C)C)cc2C1. The molecule has 0 bridgehead atoms. The van der Waals surface area contributed by atoms with Crippen LogP contribution in [0.4, 0.5) is 0 Å². The Hall–Kier alpha value is -1.24. The molecule has 0 unspecified atom stereocenters. The van der Waals surface area contributed by atoms with E-state index in [0.29, 0.717) is 6.61 Å². The van der Waals surface area contributed by atoms with Crippen LogP contribution >= 0.6 is 0 Å². The van der Waals surface area contributed by atoms with E-state index in [1.165, 1.54) is 16.7 Å². The molecule has 1 heteroatoms. The zero-order chi connectivity index (χ0) is 11.8. The number of rotatable bonds is 0. The van der Waals surface area contributed by atoms with E-state index in [0.717, 1.165) is 12.2 Å². The average Bonchev–Trinajstić information content (AvgIpc) is 2.35. The Labute approximate surface area is 98.1 Å². The predicted octanol–water partition coefficient (Wildman–Crippen LogP) is 3.87. The fraction of sp³-hybridized carbons (Fsp3) is 0.467. The van der Waals surface area contributed by atoms with Crippen molar-refractivity contribution in [1.82, 2.24) is 0 Å². The molecule has 1 nitrogen and oxygen atoms in total. The van der Waals surface area contributed by atoms with Crippen molar-refractivity contribution in [1.29, 1.82) is 0 Å². The monoisotopic (exact) mass is 216 g/mol. The first-order chi connectivity index (χ1) is 7.47. The van der Waals surface area contributed by atoms with Crippen LogP contribution in [0.25, 0.3) is 0 Å². The summed E-state index contributed by atoms with van der Waals surface area (Å²) in [5.74, 6) is 1.04. The zero-order valence-corrected chi connectivity index (χ0v) is 10.6. The minimum Gasteiger partial charge on any atom is -0.489 e. The molecule has 0 radical (unpaired) electrons. The Bertz CT molecular complexity index is 422. The lowest BCUT2D eigenvalue weighted by molar-refractivity contribution is 0.362. The molecule has 16 heavy (non-hydrogen) atoms. The van der Waals surface area contributed by atoms with Crippen LogP contribution in [-0.4, -0.2) is 6.61 Å². The van der Waals surface area contributed by atoms with Gasteiger partial charge in [0.2, 0.25) is 0 Å². The maximum atomic E-state index is 5.71. The lowest BCUT2D eigenvalue weighted by atomic mass is 9.85. The zero-order valence-electron chi connectivity index (χ0n) is 10.6. The second kappa shape index (κ2) is 3.97. The van der Waals surface area contributed by atoms with Gasteiger partial charge in [-0.3, -0.25) is 0 Å². The van der Waals surface area contributed by atoms with Crippen molar-refractivity contribution < 1.29 is 4.74 Å². The molecule has 0 aromatic heterocycles. The minimum absolute atomic E-state index is 0.207. The van der Waals surface area contributed by atoms with Gasteiger partial charge in [-0.2, -0.15) is 0 Å². The van der Waals surface area contributed by atoms with Gasteiger partial charge in [-0.15, -0.1) is 0 Å². The van der Waals surface area contributed by atoms with Gasteiger partial charge in [0.1, 0.15) is 12.4 Å². The summed E-state index contributed by atoms with van der Waals surface area (Å²) < 4.78 is 5.71. The van der Waals surface area contributed by atoms with Crippen molar-refractivity contribution in [2.45, 2.75) is 39.5 Å². The van der Waals surface area contributed by atoms with E-state index in [9.17, 15) is 0 Å². The highest BCUT2D eigenvalue weighted by Crippen LogP contribution is 2.30. The van der Waals surface area contributed by atoms with Crippen LogP contribution in [0.2, 0.25) is 0 Å². The summed E-state index contributed by atoms with van der Waals surface area (Å²) in [6.07, 6.45) is 3.18. The fourth-order valence-electron chi connectivity index (χ4n) is 1.97. The van der Waals surface area contributed by atoms with Gasteiger partial charge in [0, 0.05) is 0 Å². The normalized spacial score (nSPS) is 15.9. The van der Waals surface area contributed by atoms with Crippen LogP contribution in [0.1, 0.15) is 38.8 Å². The number of benzene rings is 1. The maximum absolute atomic E-state index is 5.71. The molecule has 0 spiro atoms. The highest BCUT2D eigenvalue weighted by molar-refractivity contribution is 5.42. The van der Waals surface area contributed by atoms with Crippen LogP contribution in [0.5, 0.6) is 5.75 Å². The Kier molecular flexibility index (Phi) is 2.79. The number of allylic oxidation sites excluding steroid dienone is 1. The standard InChI is InChI=1S/C15H20O/c1-11-7-8-16-14-6-5-13(15(2,3)4)10-12(14)9-11/h5-7,10H,8-9H2,1-4H3. The highest BCUT2D eigenvalue weighted by Gasteiger charge is 2.16. The van der Waals surface area contributed by atoms with Crippen LogP contribution in [0.3, 0.4) is 0 Å². The van der Waals surface area contributed by atoms with Crippen LogP contribution in [-0.2, 0) is 11.8 Å². The molecule has 1 aromatic carbocycles. The Morgan fingerprint density at radius 3 is 2.62 bits per heavy atom. The van der Waals surface area contributed by atoms with Crippen molar-refractivity contribution in [3.05, 3.63) is 41.0 Å². The van der Waals surface area contributed by atoms with E-state index in [1.54, 1.807) is 0 Å². The second-order valence-electron chi connectivity index (χ2n) is 5.61. The number of hydrogen-bond acceptors (Lipinski definition) is 1. The molecular weight excluding hydrogens is 196 g/mol. The lowest BCUT2D eigenvalue weighted by Gasteiger charge is -2.20. The molecule has 2 rings (SSSR count). The fourth-order valence-corrected chi connectivity index (χ4v) is 1.97. The Balaban J connectivity index is 2.41. The van der Waals surface area contributed by atoms with Gasteiger partial charge in [0.15, 0.2) is 0 Å². The molecule has 0 N–H and O–H groups in total. The topological polar surface area (TPSA) is 9.23 Å². The van der Waals surface area contributed by atoms with Gasteiger partial charge < -0.3 is 4.74 Å². The van der Waals surface area contributed by atoms with E-state index < -0.39 is 0 Å². The lowest BCUT2D eigenvalue weighted by Crippen LogP contribution is -2.11. The molecule has 1 aromatic rings. The average molecular weight is 216 g/mol. The molecule has 0 fully saturated rings. The third kappa shape index (κ3) is 2.29. The van der Waals surface area contributed by atoms with Crippen LogP contribution < -0.4 is 4.74 Å². The van der Waals surface area contributed by atoms with Gasteiger partial charge >= 0.3 is 0 Å². The van der Waals surface area contributed by atoms with Crippen LogP contribution in [0.15, 0.2) is 29.8 Å². The number of hydrogen-bond donors (Lipinski definition) is 0. The molecule has 0 saturated carbocycles. The summed E-state index contributed by atoms with van der Waals surface area (Å²) >= 11 is 0. The molecule has 1 heterocycles. The summed E-state index contributed by atoms with van der Waals surface area (Å²) in [6, 6.07) is 6.58. The summed E-state index contributed by atoms with van der Waals surface area (Å²) in [5, 5.41) is 0. The van der Waals surface area contributed by atoms with Gasteiger partial charge in [0.05, 0.1) is 0 Å². The van der Waals surface area contributed by atoms with E-state index >= 15 is 0 Å². The molecule has 86 valence electrons. The van der Waals surface area contributed by atoms with E-state index in [-0.39, 0.29) is 5.41 Å². The minimum atomic E-state index is 0.207. The predicted molar refractivity (Wildman–Crippen MR) is 68.1 cm³/mol. The summed E-state index contributed by atoms with van der Waals surface area (Å²) in [4.78, 5) is 0. The van der Waals surface area contributed by atoms with Crippen molar-refractivity contribution >= 4 is 0 Å². The third-order valence-electron chi connectivity index (χ3n) is 3.07. The van der Waals surface area contributed by atoms with E-state index in [4.69, 9.17) is 4.74 Å². The molecule has 0 amide bonds. The first kappa shape index (κ1) is 11.3. The van der Waals surface area contributed by atoms with Crippen molar-refractivity contribution in [3.8, 4) is 5.75 Å². The van der Waals surface area contributed by atoms with Gasteiger partial charge in [-0.25, -0.2) is 0 Å². The summed E-state index contributed by atoms with van der Waals surface area (Å²) in [7, 11) is 0. The third-order valence-corrected chi connectivity index (χ3v) is 3.07. The molecule has 0 aliphatic carbocycles. The largest absolute Gasteiger partial charge is 0.489 e. The highest BCUT2D eigenvalue weighted by atomic mass is 16.5. The summed E-state index contributed by atoms with van der Waals surface area (Å²) in [5.41, 5.74) is 4.30. The number of fused-ring (bicyclic) bond motifs is 1. The van der Waals surface area contributed by atoms with Crippen molar-refractivity contribution in [3.63, 3.8) is 0 Å². The first-order valence-corrected chi connectivity index (χ1v) is 5.88. The maximum Gasteiger partial charge on any atom is 0.123 e. The molecule has 0 saturated heterocycles. The Morgan fingerprint density at radius 1 is 1.19 bits per heavy atom. The second-order valence-corrected chi connectivity index (χ2v) is 5.61. The van der Waals surface area contributed by atoms with Crippen molar-refractivity contribution in [2.75, 3.05) is 6.61 Å². The van der Waals surface area contributed by atoms with Crippen molar-refractivity contribution in [2.24, 2.45) is 0 Å². The number of ether oxygens (including phenoxy) is 1. The Morgan fingerprint density at radius 2 is 1.94 bits per heavy atom. The molecule has 1 aliphatic rings. The summed E-state index contributed by atoms with van der Waals surface area (Å²) in [6.45, 7) is 9.61. The molecular formula is C15H20O. The smallest absolute Gasteiger partial charge is 0.123 e. The quantitative estimate of drug-likeness (QED) is 0.598. The first-order valence-electron chi connectivity index (χ1n) is 5.88. The van der Waals surface area contributed by atoms with Gasteiger partial charge in [-0.05, 0) is 42.0 Å². The van der Waals surface area contributed by atoms with Gasteiger partial charge in [0.25, 0.3) is 0 Å². The molecule has 0 atom stereocenters. The van der Waals surface area contributed by atoms with Crippen LogP contribution in [0, 0.1) is 0 Å². The van der Waals surface area contributed by atoms with Gasteiger partial charge in [-0.1, -0.05) is 38.5 Å². The molecule has 1 aliphatic heterocycles. The van der Waals surface area contributed by atoms with E-state index in [2.05, 4.69) is 52.0 Å².